The molecule has 11 heteroatoms. The zero-order valence-electron chi connectivity index (χ0n) is 9.42. The van der Waals surface area contributed by atoms with E-state index in [1.807, 2.05) is 0 Å². The molecule has 0 spiro atoms. The van der Waals surface area contributed by atoms with Crippen LogP contribution in [0.5, 0.6) is 0 Å². The fourth-order valence-electron chi connectivity index (χ4n) is 0.891. The van der Waals surface area contributed by atoms with Crippen LogP contribution in [-0.2, 0) is 9.53 Å². The molecule has 0 N–H and O–H groups in total. The molecule has 0 aliphatic carbocycles. The molecule has 0 fully saturated rings. The molecule has 0 heterocycles. The van der Waals surface area contributed by atoms with Gasteiger partial charge in [0.1, 0.15) is 0 Å². The van der Waals surface area contributed by atoms with Crippen molar-refractivity contribution in [1.82, 2.24) is 0 Å². The van der Waals surface area contributed by atoms with Crippen LogP contribution in [0.25, 0.3) is 0 Å². The molecule has 0 bridgehead atoms. The van der Waals surface area contributed by atoms with Gasteiger partial charge in [-0.1, -0.05) is 6.58 Å². The summed E-state index contributed by atoms with van der Waals surface area (Å²) in [4.78, 5) is 10.8. The van der Waals surface area contributed by atoms with Crippen LogP contribution in [0.4, 0.5) is 39.5 Å². The van der Waals surface area contributed by atoms with Crippen molar-refractivity contribution in [2.45, 2.75) is 30.9 Å². The standard InChI is InChI=1S/C9H7F9O2/c1-4(2-8(13,14)15)5(19)20-3-7(11,12)6(10)9(16,17)18/h6H,1-3H2. The zero-order chi connectivity index (χ0) is 16.4. The highest BCUT2D eigenvalue weighted by Gasteiger charge is 2.57. The Morgan fingerprint density at radius 2 is 1.50 bits per heavy atom. The second kappa shape index (κ2) is 5.92. The lowest BCUT2D eigenvalue weighted by molar-refractivity contribution is -0.254. The van der Waals surface area contributed by atoms with Gasteiger partial charge < -0.3 is 4.74 Å². The molecule has 0 aromatic rings. The molecular formula is C9H7F9O2. The van der Waals surface area contributed by atoms with Crippen molar-refractivity contribution in [3.8, 4) is 0 Å². The molecule has 0 saturated carbocycles. The summed E-state index contributed by atoms with van der Waals surface area (Å²) < 4.78 is 112. The van der Waals surface area contributed by atoms with Crippen LogP contribution in [0, 0.1) is 0 Å². The van der Waals surface area contributed by atoms with E-state index in [1.165, 1.54) is 0 Å². The normalized spacial score (nSPS) is 14.8. The number of hydrogen-bond acceptors (Lipinski definition) is 2. The topological polar surface area (TPSA) is 26.3 Å². The number of hydrogen-bond donors (Lipinski definition) is 0. The molecule has 0 aromatic carbocycles. The van der Waals surface area contributed by atoms with E-state index in [0.717, 1.165) is 0 Å². The van der Waals surface area contributed by atoms with Gasteiger partial charge >= 0.3 is 24.2 Å². The van der Waals surface area contributed by atoms with E-state index in [2.05, 4.69) is 11.3 Å². The molecule has 1 unspecified atom stereocenters. The fourth-order valence-corrected chi connectivity index (χ4v) is 0.891. The van der Waals surface area contributed by atoms with Gasteiger partial charge in [-0.2, -0.15) is 35.1 Å². The van der Waals surface area contributed by atoms with Crippen molar-refractivity contribution < 1.29 is 49.0 Å². The Morgan fingerprint density at radius 1 is 1.05 bits per heavy atom. The van der Waals surface area contributed by atoms with Gasteiger partial charge in [-0.3, -0.25) is 0 Å². The lowest BCUT2D eigenvalue weighted by atomic mass is 10.2. The predicted octanol–water partition coefficient (Wildman–Crippen LogP) is 3.57. The SMILES string of the molecule is C=C(CC(F)(F)F)C(=O)OCC(F)(F)C(F)C(F)(F)F. The molecule has 0 rings (SSSR count). The van der Waals surface area contributed by atoms with Crippen molar-refractivity contribution in [2.75, 3.05) is 6.61 Å². The minimum atomic E-state index is -5.90. The summed E-state index contributed by atoms with van der Waals surface area (Å²) in [5.74, 6) is -7.11. The van der Waals surface area contributed by atoms with Crippen LogP contribution in [0.2, 0.25) is 0 Å². The monoisotopic (exact) mass is 318 g/mol. The smallest absolute Gasteiger partial charge is 0.425 e. The van der Waals surface area contributed by atoms with E-state index in [0.29, 0.717) is 0 Å². The average molecular weight is 318 g/mol. The summed E-state index contributed by atoms with van der Waals surface area (Å²) >= 11 is 0. The van der Waals surface area contributed by atoms with Gasteiger partial charge in [-0.25, -0.2) is 9.18 Å². The maximum Gasteiger partial charge on any atom is 0.425 e. The minimum Gasteiger partial charge on any atom is -0.456 e. The summed E-state index contributed by atoms with van der Waals surface area (Å²) in [6, 6.07) is 0. The molecule has 2 nitrogen and oxygen atoms in total. The number of ether oxygens (including phenoxy) is 1. The number of halogens is 9. The number of carbonyl (C=O) groups excluding carboxylic acids is 1. The summed E-state index contributed by atoms with van der Waals surface area (Å²) in [7, 11) is 0. The first-order valence-electron chi connectivity index (χ1n) is 4.67. The summed E-state index contributed by atoms with van der Waals surface area (Å²) in [5, 5.41) is 0. The first-order chi connectivity index (χ1) is 8.67. The van der Waals surface area contributed by atoms with E-state index >= 15 is 0 Å². The Hall–Kier alpha value is -1.42. The molecule has 20 heavy (non-hydrogen) atoms. The second-order valence-electron chi connectivity index (χ2n) is 3.64. The fraction of sp³-hybridized carbons (Fsp3) is 0.667. The molecule has 0 aliphatic rings. The number of carbonyl (C=O) groups is 1. The quantitative estimate of drug-likeness (QED) is 0.440. The van der Waals surface area contributed by atoms with Gasteiger partial charge in [0, 0.05) is 5.57 Å². The molecule has 0 saturated heterocycles. The first-order valence-corrected chi connectivity index (χ1v) is 4.67. The third kappa shape index (κ3) is 6.15. The number of esters is 1. The molecule has 0 aromatic heterocycles. The van der Waals surface area contributed by atoms with Crippen LogP contribution in [0.15, 0.2) is 12.2 Å². The number of rotatable bonds is 5. The van der Waals surface area contributed by atoms with Crippen molar-refractivity contribution in [2.24, 2.45) is 0 Å². The van der Waals surface area contributed by atoms with E-state index in [1.54, 1.807) is 0 Å². The van der Waals surface area contributed by atoms with Gasteiger partial charge in [0.15, 0.2) is 6.61 Å². The lowest BCUT2D eigenvalue weighted by Crippen LogP contribution is -2.45. The van der Waals surface area contributed by atoms with Crippen LogP contribution in [0.3, 0.4) is 0 Å². The van der Waals surface area contributed by atoms with E-state index in [-0.39, 0.29) is 0 Å². The molecule has 0 aliphatic heterocycles. The van der Waals surface area contributed by atoms with Gasteiger partial charge in [0.2, 0.25) is 0 Å². The van der Waals surface area contributed by atoms with Crippen molar-refractivity contribution in [1.29, 1.82) is 0 Å². The molecule has 1 atom stereocenters. The summed E-state index contributed by atoms with van der Waals surface area (Å²) in [6.07, 6.45) is -17.3. The summed E-state index contributed by atoms with van der Waals surface area (Å²) in [5.41, 5.74) is -1.30. The van der Waals surface area contributed by atoms with Gasteiger partial charge in [-0.15, -0.1) is 0 Å². The molecular weight excluding hydrogens is 311 g/mol. The Kier molecular flexibility index (Phi) is 5.50. The van der Waals surface area contributed by atoms with Crippen molar-refractivity contribution >= 4 is 5.97 Å². The second-order valence-corrected chi connectivity index (χ2v) is 3.64. The molecule has 0 amide bonds. The highest BCUT2D eigenvalue weighted by atomic mass is 19.4. The number of alkyl halides is 9. The van der Waals surface area contributed by atoms with Gasteiger partial charge in [0.05, 0.1) is 6.42 Å². The largest absolute Gasteiger partial charge is 0.456 e. The van der Waals surface area contributed by atoms with Gasteiger partial charge in [0.25, 0.3) is 6.17 Å². The maximum absolute atomic E-state index is 12.7. The van der Waals surface area contributed by atoms with Gasteiger partial charge in [-0.05, 0) is 0 Å². The highest BCUT2D eigenvalue weighted by Crippen LogP contribution is 2.35. The molecule has 118 valence electrons. The lowest BCUT2D eigenvalue weighted by Gasteiger charge is -2.22. The van der Waals surface area contributed by atoms with E-state index in [9.17, 15) is 44.3 Å². The Balaban J connectivity index is 4.55. The van der Waals surface area contributed by atoms with Crippen molar-refractivity contribution in [3.05, 3.63) is 12.2 Å². The van der Waals surface area contributed by atoms with Crippen molar-refractivity contribution in [3.63, 3.8) is 0 Å². The zero-order valence-corrected chi connectivity index (χ0v) is 9.42. The highest BCUT2D eigenvalue weighted by molar-refractivity contribution is 5.87. The van der Waals surface area contributed by atoms with Crippen LogP contribution in [-0.4, -0.2) is 37.0 Å². The predicted molar refractivity (Wildman–Crippen MR) is 46.7 cm³/mol. The third-order valence-corrected chi connectivity index (χ3v) is 1.76. The minimum absolute atomic E-state index is 1.30. The molecule has 0 radical (unpaired) electrons. The Morgan fingerprint density at radius 3 is 1.85 bits per heavy atom. The maximum atomic E-state index is 12.7. The van der Waals surface area contributed by atoms with E-state index in [4.69, 9.17) is 0 Å². The van der Waals surface area contributed by atoms with Crippen LogP contribution in [0.1, 0.15) is 6.42 Å². The Labute approximate surface area is 106 Å². The third-order valence-electron chi connectivity index (χ3n) is 1.76. The van der Waals surface area contributed by atoms with Crippen LogP contribution >= 0.6 is 0 Å². The Bertz CT molecular complexity index is 369. The van der Waals surface area contributed by atoms with Crippen LogP contribution < -0.4 is 0 Å². The van der Waals surface area contributed by atoms with E-state index < -0.39 is 49.0 Å². The first kappa shape index (κ1) is 18.6. The summed E-state index contributed by atoms with van der Waals surface area (Å²) in [6.45, 7) is 0.221. The average Bonchev–Trinajstić information content (AvgIpc) is 2.21.